The number of ketones is 1. The Hall–Kier alpha value is -3.53. The molecule has 0 saturated heterocycles. The van der Waals surface area contributed by atoms with Gasteiger partial charge in [0, 0.05) is 19.3 Å². The molecule has 0 heterocycles. The van der Waals surface area contributed by atoms with Crippen LogP contribution in [0.2, 0.25) is 0 Å². The summed E-state index contributed by atoms with van der Waals surface area (Å²) < 4.78 is 0. The van der Waals surface area contributed by atoms with Gasteiger partial charge in [-0.15, -0.1) is 0 Å². The number of nitrogens with one attached hydrogen (secondary N) is 1. The summed E-state index contributed by atoms with van der Waals surface area (Å²) in [5.74, 6) is -6.96. The predicted molar refractivity (Wildman–Crippen MR) is 181 cm³/mol. The van der Waals surface area contributed by atoms with E-state index in [4.69, 9.17) is 0 Å². The highest BCUT2D eigenvalue weighted by molar-refractivity contribution is 5.94. The Kier molecular flexibility index (Phi) is 20.2. The van der Waals surface area contributed by atoms with Crippen molar-refractivity contribution in [3.05, 3.63) is 47.5 Å². The van der Waals surface area contributed by atoms with E-state index in [-0.39, 0.29) is 12.2 Å². The van der Waals surface area contributed by atoms with Crippen LogP contribution in [0.4, 0.5) is 0 Å². The first-order chi connectivity index (χ1) is 22.3. The number of Topliss-reactive ketones (excluding diaryl/α,β-unsaturated/α-hetero) is 1. The van der Waals surface area contributed by atoms with Crippen molar-refractivity contribution in [2.45, 2.75) is 142 Å². The molecule has 0 fully saturated rings. The van der Waals surface area contributed by atoms with Crippen molar-refractivity contribution in [3.63, 3.8) is 0 Å². The molecule has 0 aliphatic rings. The molecule has 1 aromatic rings. The minimum atomic E-state index is -3.00. The molecular formula is C37H57NO9. The number of aliphatic carboxylic acids is 3. The lowest BCUT2D eigenvalue weighted by atomic mass is 9.82. The molecule has 47 heavy (non-hydrogen) atoms. The van der Waals surface area contributed by atoms with Crippen LogP contribution in [0.5, 0.6) is 0 Å². The first kappa shape index (κ1) is 41.5. The monoisotopic (exact) mass is 659 g/mol. The standard InChI is InChI=1S/C37H57NO9/c1-4-5-6-9-12-18-30(39)19-13-10-7-8-11-14-20-31(37(47,36(45)46)26-33(40)41)34(42)38-32(35(43)44)25-29-23-21-28(22-24-29)17-15-16-27(2)3/h14,20-24,27,31-32,47H,4-13,15-19,25-26H2,1-3H3,(H,38,42)(H,40,41)(H,43,44)(H,45,46)/t31-,32+,37+/m1/s1. The van der Waals surface area contributed by atoms with Crippen LogP contribution in [-0.2, 0) is 36.8 Å². The topological polar surface area (TPSA) is 178 Å². The Labute approximate surface area is 280 Å². The fourth-order valence-electron chi connectivity index (χ4n) is 5.49. The van der Waals surface area contributed by atoms with Crippen LogP contribution in [0.3, 0.4) is 0 Å². The number of unbranched alkanes of at least 4 members (excludes halogenated alkanes) is 8. The summed E-state index contributed by atoms with van der Waals surface area (Å²) in [6, 6.07) is 5.95. The number of carboxylic acids is 3. The lowest BCUT2D eigenvalue weighted by molar-refractivity contribution is -0.172. The van der Waals surface area contributed by atoms with Gasteiger partial charge in [0.15, 0.2) is 5.60 Å². The second-order valence-corrected chi connectivity index (χ2v) is 13.1. The SMILES string of the molecule is CCCCCCCC(=O)CCCCCCC=C[C@H](C(=O)N[C@@H](Cc1ccc(CCCC(C)C)cc1)C(=O)O)[C@@](O)(CC(=O)O)C(=O)O. The number of carbonyl (C=O) groups is 5. The number of allylic oxidation sites excluding steroid dienone is 1. The summed E-state index contributed by atoms with van der Waals surface area (Å²) in [4.78, 5) is 61.0. The normalized spacial score (nSPS) is 14.1. The van der Waals surface area contributed by atoms with Gasteiger partial charge in [-0.05, 0) is 55.6 Å². The van der Waals surface area contributed by atoms with E-state index in [1.807, 2.05) is 12.1 Å². The van der Waals surface area contributed by atoms with Crippen LogP contribution in [0.1, 0.15) is 128 Å². The Balaban J connectivity index is 2.82. The van der Waals surface area contributed by atoms with Gasteiger partial charge in [0.05, 0.1) is 12.3 Å². The van der Waals surface area contributed by atoms with Gasteiger partial charge < -0.3 is 25.7 Å². The molecule has 3 atom stereocenters. The minimum absolute atomic E-state index is 0.0877. The zero-order chi connectivity index (χ0) is 35.2. The second kappa shape index (κ2) is 22.9. The van der Waals surface area contributed by atoms with Crippen LogP contribution < -0.4 is 5.32 Å². The maximum atomic E-state index is 13.3. The lowest BCUT2D eigenvalue weighted by Crippen LogP contribution is -2.55. The van der Waals surface area contributed by atoms with Gasteiger partial charge in [-0.1, -0.05) is 102 Å². The molecule has 0 radical (unpaired) electrons. The van der Waals surface area contributed by atoms with Crippen LogP contribution >= 0.6 is 0 Å². The number of hydrogen-bond donors (Lipinski definition) is 5. The third-order valence-electron chi connectivity index (χ3n) is 8.38. The third-order valence-corrected chi connectivity index (χ3v) is 8.38. The van der Waals surface area contributed by atoms with E-state index >= 15 is 0 Å². The van der Waals surface area contributed by atoms with Gasteiger partial charge in [-0.3, -0.25) is 14.4 Å². The smallest absolute Gasteiger partial charge is 0.337 e. The highest BCUT2D eigenvalue weighted by Gasteiger charge is 2.49. The summed E-state index contributed by atoms with van der Waals surface area (Å²) in [5.41, 5.74) is -1.24. The fraction of sp³-hybridized carbons (Fsp3) is 0.649. The van der Waals surface area contributed by atoms with Crippen LogP contribution in [0.15, 0.2) is 36.4 Å². The number of aliphatic hydroxyl groups is 1. The Morgan fingerprint density at radius 1 is 0.809 bits per heavy atom. The van der Waals surface area contributed by atoms with Crippen LogP contribution in [0, 0.1) is 11.8 Å². The van der Waals surface area contributed by atoms with E-state index < -0.39 is 47.8 Å². The molecule has 10 heteroatoms. The highest BCUT2D eigenvalue weighted by atomic mass is 16.4. The molecule has 0 aliphatic heterocycles. The summed E-state index contributed by atoms with van der Waals surface area (Å²) in [5, 5.41) is 42.2. The van der Waals surface area contributed by atoms with Gasteiger partial charge in [0.25, 0.3) is 0 Å². The van der Waals surface area contributed by atoms with Gasteiger partial charge >= 0.3 is 17.9 Å². The van der Waals surface area contributed by atoms with Crippen molar-refractivity contribution in [2.75, 3.05) is 0 Å². The number of benzene rings is 1. The zero-order valence-electron chi connectivity index (χ0n) is 28.5. The van der Waals surface area contributed by atoms with Crippen molar-refractivity contribution < 1.29 is 44.4 Å². The first-order valence-electron chi connectivity index (χ1n) is 17.3. The molecule has 1 amide bonds. The number of aryl methyl sites for hydroxylation is 1. The molecular weight excluding hydrogens is 602 g/mol. The Morgan fingerprint density at radius 3 is 1.91 bits per heavy atom. The molecule has 0 spiro atoms. The second-order valence-electron chi connectivity index (χ2n) is 13.1. The van der Waals surface area contributed by atoms with Crippen molar-refractivity contribution >= 4 is 29.6 Å². The number of rotatable bonds is 27. The lowest BCUT2D eigenvalue weighted by Gasteiger charge is -2.29. The molecule has 10 nitrogen and oxygen atoms in total. The number of amides is 1. The number of carbonyl (C=O) groups excluding carboxylic acids is 2. The zero-order valence-corrected chi connectivity index (χ0v) is 28.5. The van der Waals surface area contributed by atoms with E-state index in [2.05, 4.69) is 26.1 Å². The summed E-state index contributed by atoms with van der Waals surface area (Å²) >= 11 is 0. The van der Waals surface area contributed by atoms with Crippen molar-refractivity contribution in [3.8, 4) is 0 Å². The number of carboxylic acid groups (broad SMARTS) is 3. The molecule has 0 bridgehead atoms. The average molecular weight is 660 g/mol. The van der Waals surface area contributed by atoms with E-state index in [0.717, 1.165) is 69.4 Å². The third kappa shape index (κ3) is 17.3. The fourth-order valence-corrected chi connectivity index (χ4v) is 5.49. The molecule has 1 rings (SSSR count). The van der Waals surface area contributed by atoms with E-state index in [9.17, 15) is 44.4 Å². The van der Waals surface area contributed by atoms with Gasteiger partial charge in [0.2, 0.25) is 5.91 Å². The van der Waals surface area contributed by atoms with Gasteiger partial charge in [-0.2, -0.15) is 0 Å². The Bertz CT molecular complexity index is 1140. The highest BCUT2D eigenvalue weighted by Crippen LogP contribution is 2.26. The van der Waals surface area contributed by atoms with E-state index in [1.165, 1.54) is 18.9 Å². The van der Waals surface area contributed by atoms with Crippen molar-refractivity contribution in [1.29, 1.82) is 0 Å². The maximum Gasteiger partial charge on any atom is 0.337 e. The van der Waals surface area contributed by atoms with Gasteiger partial charge in [0.1, 0.15) is 11.8 Å². The largest absolute Gasteiger partial charge is 0.481 e. The maximum absolute atomic E-state index is 13.3. The van der Waals surface area contributed by atoms with Gasteiger partial charge in [-0.25, -0.2) is 9.59 Å². The predicted octanol–water partition coefficient (Wildman–Crippen LogP) is 6.51. The quantitative estimate of drug-likeness (QED) is 0.0520. The number of hydrogen-bond acceptors (Lipinski definition) is 6. The molecule has 264 valence electrons. The summed E-state index contributed by atoms with van der Waals surface area (Å²) in [6.45, 7) is 6.47. The van der Waals surface area contributed by atoms with E-state index in [1.54, 1.807) is 12.1 Å². The van der Waals surface area contributed by atoms with E-state index in [0.29, 0.717) is 37.2 Å². The summed E-state index contributed by atoms with van der Waals surface area (Å²) in [7, 11) is 0. The van der Waals surface area contributed by atoms with Crippen molar-refractivity contribution in [2.24, 2.45) is 11.8 Å². The van der Waals surface area contributed by atoms with Crippen LogP contribution in [0.25, 0.3) is 0 Å². The molecule has 0 aromatic heterocycles. The minimum Gasteiger partial charge on any atom is -0.481 e. The van der Waals surface area contributed by atoms with Crippen LogP contribution in [-0.4, -0.2) is 61.7 Å². The molecule has 5 N–H and O–H groups in total. The molecule has 0 saturated carbocycles. The van der Waals surface area contributed by atoms with Crippen molar-refractivity contribution in [1.82, 2.24) is 5.32 Å². The molecule has 0 aliphatic carbocycles. The first-order valence-corrected chi connectivity index (χ1v) is 17.3. The molecule has 0 unspecified atom stereocenters. The summed E-state index contributed by atoms with van der Waals surface area (Å²) in [6.07, 6.45) is 14.5. The average Bonchev–Trinajstić information content (AvgIpc) is 2.99. The molecule has 1 aromatic carbocycles. The Morgan fingerprint density at radius 2 is 1.38 bits per heavy atom.